The van der Waals surface area contributed by atoms with E-state index in [1.54, 1.807) is 11.3 Å². The quantitative estimate of drug-likeness (QED) is 0.801. The number of rotatable bonds is 4. The Morgan fingerprint density at radius 2 is 2.25 bits per heavy atom. The number of thiophene rings is 1. The zero-order chi connectivity index (χ0) is 11.5. The summed E-state index contributed by atoms with van der Waals surface area (Å²) in [6.45, 7) is 5.16. The van der Waals surface area contributed by atoms with Crippen LogP contribution < -0.4 is 11.1 Å². The lowest BCUT2D eigenvalue weighted by molar-refractivity contribution is 0.832. The average Bonchev–Trinajstić information content (AvgIpc) is 2.58. The van der Waals surface area contributed by atoms with Gasteiger partial charge in [0.2, 0.25) is 5.95 Å². The second-order valence-corrected chi connectivity index (χ2v) is 5.04. The second kappa shape index (κ2) is 4.65. The summed E-state index contributed by atoms with van der Waals surface area (Å²) in [6, 6.07) is 2.04. The minimum Gasteiger partial charge on any atom is -0.369 e. The average molecular weight is 236 g/mol. The van der Waals surface area contributed by atoms with Crippen LogP contribution in [-0.2, 0) is 0 Å². The zero-order valence-corrected chi connectivity index (χ0v) is 10.4. The van der Waals surface area contributed by atoms with Gasteiger partial charge in [0.15, 0.2) is 0 Å². The number of nitrogens with one attached hydrogen (secondary N) is 1. The van der Waals surface area contributed by atoms with Crippen molar-refractivity contribution < 1.29 is 0 Å². The molecule has 2 aromatic rings. The Labute approximate surface area is 98.9 Å². The van der Waals surface area contributed by atoms with Gasteiger partial charge in [0.05, 0.1) is 10.2 Å². The highest BCUT2D eigenvalue weighted by molar-refractivity contribution is 7.19. The van der Waals surface area contributed by atoms with Crippen LogP contribution in [-0.4, -0.2) is 16.5 Å². The maximum Gasteiger partial charge on any atom is 0.222 e. The molecular weight excluding hydrogens is 220 g/mol. The molecule has 0 fully saturated rings. The van der Waals surface area contributed by atoms with Crippen molar-refractivity contribution in [3.05, 3.63) is 10.9 Å². The minimum atomic E-state index is 0.337. The van der Waals surface area contributed by atoms with Crippen LogP contribution in [0.5, 0.6) is 0 Å². The number of nitrogen functional groups attached to an aromatic ring is 1. The van der Waals surface area contributed by atoms with Gasteiger partial charge in [0.25, 0.3) is 0 Å². The molecule has 2 heterocycles. The van der Waals surface area contributed by atoms with Crippen LogP contribution in [0.4, 0.5) is 11.8 Å². The molecule has 2 rings (SSSR count). The molecule has 0 aromatic carbocycles. The van der Waals surface area contributed by atoms with Crippen molar-refractivity contribution in [1.29, 1.82) is 0 Å². The predicted molar refractivity (Wildman–Crippen MR) is 70.0 cm³/mol. The molecule has 0 amide bonds. The summed E-state index contributed by atoms with van der Waals surface area (Å²) >= 11 is 1.70. The van der Waals surface area contributed by atoms with E-state index in [0.717, 1.165) is 29.0 Å². The minimum absolute atomic E-state index is 0.337. The monoisotopic (exact) mass is 236 g/mol. The van der Waals surface area contributed by atoms with Crippen LogP contribution >= 0.6 is 11.3 Å². The van der Waals surface area contributed by atoms with Gasteiger partial charge in [-0.1, -0.05) is 13.3 Å². The van der Waals surface area contributed by atoms with Crippen LogP contribution in [0, 0.1) is 6.92 Å². The van der Waals surface area contributed by atoms with Crippen molar-refractivity contribution in [2.45, 2.75) is 26.7 Å². The summed E-state index contributed by atoms with van der Waals surface area (Å²) in [6.07, 6.45) is 2.30. The zero-order valence-electron chi connectivity index (χ0n) is 9.58. The van der Waals surface area contributed by atoms with Crippen LogP contribution in [0.2, 0.25) is 0 Å². The number of hydrogen-bond donors (Lipinski definition) is 2. The van der Waals surface area contributed by atoms with Crippen molar-refractivity contribution >= 4 is 33.3 Å². The van der Waals surface area contributed by atoms with Crippen LogP contribution in [0.1, 0.15) is 24.6 Å². The fourth-order valence-electron chi connectivity index (χ4n) is 1.57. The van der Waals surface area contributed by atoms with Crippen molar-refractivity contribution in [1.82, 2.24) is 9.97 Å². The third-order valence-corrected chi connectivity index (χ3v) is 3.38. The number of hydrogen-bond acceptors (Lipinski definition) is 5. The summed E-state index contributed by atoms with van der Waals surface area (Å²) in [5.41, 5.74) is 6.62. The first-order chi connectivity index (χ1) is 7.70. The SMILES string of the molecule is CCCCNc1nc(N)nc2cc(C)sc12. The van der Waals surface area contributed by atoms with E-state index < -0.39 is 0 Å². The molecule has 4 nitrogen and oxygen atoms in total. The normalized spacial score (nSPS) is 10.9. The molecule has 0 aliphatic carbocycles. The van der Waals surface area contributed by atoms with Crippen molar-refractivity contribution in [3.8, 4) is 0 Å². The maximum atomic E-state index is 5.68. The number of nitrogens with zero attached hydrogens (tertiary/aromatic N) is 2. The Morgan fingerprint density at radius 1 is 1.44 bits per heavy atom. The smallest absolute Gasteiger partial charge is 0.222 e. The van der Waals surface area contributed by atoms with Gasteiger partial charge in [-0.05, 0) is 19.4 Å². The molecule has 0 atom stereocenters. The van der Waals surface area contributed by atoms with Crippen molar-refractivity contribution in [3.63, 3.8) is 0 Å². The third kappa shape index (κ3) is 2.24. The van der Waals surface area contributed by atoms with E-state index in [9.17, 15) is 0 Å². The lowest BCUT2D eigenvalue weighted by atomic mass is 10.3. The topological polar surface area (TPSA) is 63.8 Å². The van der Waals surface area contributed by atoms with Gasteiger partial charge < -0.3 is 11.1 Å². The van der Waals surface area contributed by atoms with Crippen LogP contribution in [0.3, 0.4) is 0 Å². The first-order valence-electron chi connectivity index (χ1n) is 5.48. The highest BCUT2D eigenvalue weighted by atomic mass is 32.1. The lowest BCUT2D eigenvalue weighted by Crippen LogP contribution is -2.05. The van der Waals surface area contributed by atoms with Crippen LogP contribution in [0.25, 0.3) is 10.2 Å². The lowest BCUT2D eigenvalue weighted by Gasteiger charge is -2.05. The molecule has 86 valence electrons. The Bertz CT molecular complexity index is 492. The molecule has 0 saturated carbocycles. The number of fused-ring (bicyclic) bond motifs is 1. The number of unbranched alkanes of at least 4 members (excludes halogenated alkanes) is 1. The van der Waals surface area contributed by atoms with E-state index >= 15 is 0 Å². The molecule has 2 aromatic heterocycles. The second-order valence-electron chi connectivity index (χ2n) is 3.78. The molecule has 0 saturated heterocycles. The summed E-state index contributed by atoms with van der Waals surface area (Å²) in [4.78, 5) is 9.70. The first kappa shape index (κ1) is 11.1. The van der Waals surface area contributed by atoms with E-state index in [-0.39, 0.29) is 0 Å². The number of anilines is 2. The molecular formula is C11H16N4S. The molecule has 0 radical (unpaired) electrons. The summed E-state index contributed by atoms with van der Waals surface area (Å²) < 4.78 is 1.10. The van der Waals surface area contributed by atoms with Gasteiger partial charge in [-0.3, -0.25) is 0 Å². The van der Waals surface area contributed by atoms with E-state index in [2.05, 4.69) is 29.1 Å². The Hall–Kier alpha value is -1.36. The number of aromatic nitrogens is 2. The standard InChI is InChI=1S/C11H16N4S/c1-3-4-5-13-10-9-8(6-7(2)16-9)14-11(12)15-10/h6H,3-5H2,1-2H3,(H3,12,13,14,15). The Balaban J connectivity index is 2.34. The van der Waals surface area contributed by atoms with Crippen LogP contribution in [0.15, 0.2) is 6.07 Å². The van der Waals surface area contributed by atoms with Crippen molar-refractivity contribution in [2.24, 2.45) is 0 Å². The molecule has 3 N–H and O–H groups in total. The highest BCUT2D eigenvalue weighted by Gasteiger charge is 2.08. The van der Waals surface area contributed by atoms with E-state index in [1.807, 2.05) is 6.07 Å². The fourth-order valence-corrected chi connectivity index (χ4v) is 2.49. The van der Waals surface area contributed by atoms with Gasteiger partial charge in [0.1, 0.15) is 5.82 Å². The first-order valence-corrected chi connectivity index (χ1v) is 6.30. The summed E-state index contributed by atoms with van der Waals surface area (Å²) in [5, 5.41) is 3.32. The highest BCUT2D eigenvalue weighted by Crippen LogP contribution is 2.29. The predicted octanol–water partition coefficient (Wildman–Crippen LogP) is 2.79. The van der Waals surface area contributed by atoms with Gasteiger partial charge >= 0.3 is 0 Å². The Morgan fingerprint density at radius 3 is 3.00 bits per heavy atom. The molecule has 0 unspecified atom stereocenters. The molecule has 0 bridgehead atoms. The van der Waals surface area contributed by atoms with E-state index in [4.69, 9.17) is 5.73 Å². The maximum absolute atomic E-state index is 5.68. The molecule has 5 heteroatoms. The fraction of sp³-hybridized carbons (Fsp3) is 0.455. The van der Waals surface area contributed by atoms with Crippen molar-refractivity contribution in [2.75, 3.05) is 17.6 Å². The Kier molecular flexibility index (Phi) is 3.24. The van der Waals surface area contributed by atoms with Gasteiger partial charge in [-0.2, -0.15) is 4.98 Å². The van der Waals surface area contributed by atoms with Gasteiger partial charge in [0, 0.05) is 11.4 Å². The number of aryl methyl sites for hydroxylation is 1. The molecule has 0 aliphatic heterocycles. The van der Waals surface area contributed by atoms with Gasteiger partial charge in [-0.25, -0.2) is 4.98 Å². The molecule has 0 spiro atoms. The van der Waals surface area contributed by atoms with Gasteiger partial charge in [-0.15, -0.1) is 11.3 Å². The summed E-state index contributed by atoms with van der Waals surface area (Å²) in [5.74, 6) is 1.21. The third-order valence-electron chi connectivity index (χ3n) is 2.33. The number of nitrogens with two attached hydrogens (primary N) is 1. The molecule has 0 aliphatic rings. The largest absolute Gasteiger partial charge is 0.369 e. The molecule has 16 heavy (non-hydrogen) atoms. The van der Waals surface area contributed by atoms with E-state index in [1.165, 1.54) is 11.3 Å². The summed E-state index contributed by atoms with van der Waals surface area (Å²) in [7, 11) is 0. The van der Waals surface area contributed by atoms with E-state index in [0.29, 0.717) is 5.95 Å².